The minimum Gasteiger partial charge on any atom is -0.597 e. The maximum atomic E-state index is 10.8. The van der Waals surface area contributed by atoms with Crippen molar-refractivity contribution in [1.29, 1.82) is 0 Å². The molecule has 7 nitrogen and oxygen atoms in total. The zero-order valence-electron chi connectivity index (χ0n) is 9.51. The summed E-state index contributed by atoms with van der Waals surface area (Å²) in [6.45, 7) is -0.0448. The van der Waals surface area contributed by atoms with Crippen LogP contribution in [0.3, 0.4) is 0 Å². The van der Waals surface area contributed by atoms with E-state index in [1.165, 1.54) is 14.2 Å². The van der Waals surface area contributed by atoms with Gasteiger partial charge in [-0.2, -0.15) is 0 Å². The molecule has 0 saturated heterocycles. The lowest BCUT2D eigenvalue weighted by Gasteiger charge is -2.08. The fourth-order valence-electron chi connectivity index (χ4n) is 1.17. The van der Waals surface area contributed by atoms with Gasteiger partial charge in [0.05, 0.1) is 14.2 Å². The molecular weight excluding hydrogens is 214 g/mol. The third kappa shape index (κ3) is 3.28. The Morgan fingerprint density at radius 1 is 1.31 bits per heavy atom. The summed E-state index contributed by atoms with van der Waals surface area (Å²) in [7, 11) is 3.04. The molecule has 16 heavy (non-hydrogen) atoms. The van der Waals surface area contributed by atoms with Crippen LogP contribution >= 0.6 is 0 Å². The van der Waals surface area contributed by atoms with E-state index < -0.39 is 0 Å². The predicted octanol–water partition coefficient (Wildman–Crippen LogP) is 1.93. The first kappa shape index (κ1) is 14.0. The molecule has 0 saturated carbocycles. The number of ether oxygens (including phenoxy) is 2. The van der Waals surface area contributed by atoms with Gasteiger partial charge in [-0.25, -0.2) is 0 Å². The number of hydroxylamine groups is 1. The van der Waals surface area contributed by atoms with Gasteiger partial charge in [-0.3, -0.25) is 0 Å². The van der Waals surface area contributed by atoms with E-state index in [2.05, 4.69) is 5.28 Å². The Kier molecular flexibility index (Phi) is 5.65. The van der Waals surface area contributed by atoms with Crippen LogP contribution in [-0.2, 0) is 6.54 Å². The third-order valence-electron chi connectivity index (χ3n) is 1.87. The molecule has 0 heterocycles. The van der Waals surface area contributed by atoms with Gasteiger partial charge in [0.1, 0.15) is 0 Å². The number of quaternary nitrogens is 1. The number of hydrogen-bond acceptors (Lipinski definition) is 4. The second-order valence-electron chi connectivity index (χ2n) is 2.79. The van der Waals surface area contributed by atoms with Crippen LogP contribution in [0.5, 0.6) is 11.5 Å². The number of benzene rings is 1. The quantitative estimate of drug-likeness (QED) is 0.467. The highest BCUT2D eigenvalue weighted by Gasteiger charge is 2.07. The van der Waals surface area contributed by atoms with Gasteiger partial charge in [0.25, 0.3) is 0 Å². The summed E-state index contributed by atoms with van der Waals surface area (Å²) >= 11 is 0. The van der Waals surface area contributed by atoms with Gasteiger partial charge in [-0.05, 0) is 18.2 Å². The Morgan fingerprint density at radius 3 is 2.44 bits per heavy atom. The zero-order valence-corrected chi connectivity index (χ0v) is 9.51. The van der Waals surface area contributed by atoms with Crippen molar-refractivity contribution in [2.75, 3.05) is 14.2 Å². The Balaban J connectivity index is 0.00000225. The van der Waals surface area contributed by atoms with Gasteiger partial charge in [0, 0.05) is 5.56 Å². The summed E-state index contributed by atoms with van der Waals surface area (Å²) in [4.78, 5) is 0.168. The molecule has 0 amide bonds. The van der Waals surface area contributed by atoms with Gasteiger partial charge in [-0.15, -0.1) is 0 Å². The van der Waals surface area contributed by atoms with Crippen LogP contribution < -0.4 is 15.6 Å². The summed E-state index contributed by atoms with van der Waals surface area (Å²) < 4.78 is 10.1. The van der Waals surface area contributed by atoms with Crippen molar-refractivity contribution in [1.82, 2.24) is 6.15 Å². The number of hydrogen-bond donors (Lipinski definition) is 2. The molecule has 0 radical (unpaired) electrons. The monoisotopic (exact) mass is 230 g/mol. The summed E-state index contributed by atoms with van der Waals surface area (Å²) in [6.07, 6.45) is 0. The van der Waals surface area contributed by atoms with Crippen molar-refractivity contribution < 1.29 is 19.5 Å². The maximum Gasteiger partial charge on any atom is 0.209 e. The summed E-state index contributed by atoms with van der Waals surface area (Å²) in [6, 6.07) is 5.02. The fourth-order valence-corrected chi connectivity index (χ4v) is 1.17. The van der Waals surface area contributed by atoms with Crippen molar-refractivity contribution in [3.8, 4) is 11.5 Å². The molecule has 0 aliphatic carbocycles. The Hall–Kier alpha value is -2.02. The third-order valence-corrected chi connectivity index (χ3v) is 1.87. The van der Waals surface area contributed by atoms with Gasteiger partial charge in [0.2, 0.25) is 6.54 Å². The largest absolute Gasteiger partial charge is 0.597 e. The summed E-state index contributed by atoms with van der Waals surface area (Å²) in [5.41, 5.74) is 0.667. The molecule has 0 bridgehead atoms. The Morgan fingerprint density at radius 2 is 1.94 bits per heavy atom. The van der Waals surface area contributed by atoms with Crippen LogP contribution in [0.15, 0.2) is 23.5 Å². The standard InChI is InChI=1S/C9H12N2O4.H3N/c1-14-8-4-3-7(5-9(8)15-2)6-11(13)10-12;/h3-5,12H,6H2,1-2H3;1H3/p+1/b11-10-;. The molecule has 0 fully saturated rings. The van der Waals surface area contributed by atoms with Gasteiger partial charge in [0.15, 0.2) is 16.8 Å². The SMILES string of the molecule is COc1ccc(C/[N+]([O-])=N/O)cc1OC.[NH4+]. The first-order valence-electron chi connectivity index (χ1n) is 4.22. The summed E-state index contributed by atoms with van der Waals surface area (Å²) in [5.74, 6) is 1.11. The average molecular weight is 230 g/mol. The maximum absolute atomic E-state index is 10.8. The minimum atomic E-state index is -0.0448. The van der Waals surface area contributed by atoms with E-state index in [-0.39, 0.29) is 17.6 Å². The molecule has 0 aliphatic heterocycles. The van der Waals surface area contributed by atoms with E-state index in [1.54, 1.807) is 18.2 Å². The molecule has 90 valence electrons. The predicted molar refractivity (Wildman–Crippen MR) is 57.1 cm³/mol. The normalized spacial score (nSPS) is 10.5. The van der Waals surface area contributed by atoms with Crippen LogP contribution in [0.25, 0.3) is 0 Å². The molecular formula is C9H16N3O4+. The van der Waals surface area contributed by atoms with Gasteiger partial charge < -0.3 is 26.0 Å². The van der Waals surface area contributed by atoms with Crippen molar-refractivity contribution in [3.05, 3.63) is 29.0 Å². The van der Waals surface area contributed by atoms with Crippen LogP contribution in [0, 0.1) is 5.21 Å². The van der Waals surface area contributed by atoms with E-state index >= 15 is 0 Å². The number of rotatable bonds is 4. The molecule has 1 rings (SSSR count). The van der Waals surface area contributed by atoms with E-state index in [4.69, 9.17) is 14.7 Å². The van der Waals surface area contributed by atoms with Crippen LogP contribution in [0.4, 0.5) is 0 Å². The molecule has 1 aromatic carbocycles. The highest BCUT2D eigenvalue weighted by atomic mass is 16.6. The van der Waals surface area contributed by atoms with E-state index in [9.17, 15) is 5.21 Å². The molecule has 0 atom stereocenters. The second kappa shape index (κ2) is 6.46. The van der Waals surface area contributed by atoms with Crippen molar-refractivity contribution in [2.24, 2.45) is 5.28 Å². The second-order valence-corrected chi connectivity index (χ2v) is 2.79. The first-order valence-corrected chi connectivity index (χ1v) is 4.22. The minimum absolute atomic E-state index is 0. The van der Waals surface area contributed by atoms with Crippen LogP contribution in [-0.4, -0.2) is 24.3 Å². The molecule has 0 unspecified atom stereocenters. The topological polar surface area (TPSA) is 114 Å². The molecule has 7 heteroatoms. The summed E-state index contributed by atoms with van der Waals surface area (Å²) in [5, 5.41) is 21.5. The van der Waals surface area contributed by atoms with E-state index in [0.717, 1.165) is 0 Å². The Labute approximate surface area is 93.0 Å². The number of methoxy groups -OCH3 is 2. The molecule has 5 N–H and O–H groups in total. The lowest BCUT2D eigenvalue weighted by molar-refractivity contribution is -0.570. The smallest absolute Gasteiger partial charge is 0.209 e. The van der Waals surface area contributed by atoms with Crippen LogP contribution in [0.1, 0.15) is 5.56 Å². The molecule has 0 aromatic heterocycles. The first-order chi connectivity index (χ1) is 7.21. The molecule has 1 aromatic rings. The molecule has 0 spiro atoms. The average Bonchev–Trinajstić information content (AvgIpc) is 2.28. The van der Waals surface area contributed by atoms with Crippen molar-refractivity contribution in [3.63, 3.8) is 0 Å². The van der Waals surface area contributed by atoms with E-state index in [0.29, 0.717) is 17.1 Å². The van der Waals surface area contributed by atoms with E-state index in [1.807, 2.05) is 0 Å². The van der Waals surface area contributed by atoms with Crippen molar-refractivity contribution >= 4 is 0 Å². The number of nitrogens with zero attached hydrogens (tertiary/aromatic N) is 2. The van der Waals surface area contributed by atoms with Crippen molar-refractivity contribution in [2.45, 2.75) is 6.54 Å². The lowest BCUT2D eigenvalue weighted by atomic mass is 10.2. The van der Waals surface area contributed by atoms with Gasteiger partial charge in [-0.1, -0.05) is 4.86 Å². The highest BCUT2D eigenvalue weighted by Crippen LogP contribution is 2.27. The highest BCUT2D eigenvalue weighted by molar-refractivity contribution is 5.42. The lowest BCUT2D eigenvalue weighted by Crippen LogP contribution is -2.01. The molecule has 0 aliphatic rings. The zero-order chi connectivity index (χ0) is 11.3. The Bertz CT molecular complexity index is 368. The van der Waals surface area contributed by atoms with Gasteiger partial charge >= 0.3 is 0 Å². The fraction of sp³-hybridized carbons (Fsp3) is 0.333. The van der Waals surface area contributed by atoms with Crippen LogP contribution in [0.2, 0.25) is 0 Å².